The fourth-order valence-corrected chi connectivity index (χ4v) is 2.78. The van der Waals surface area contributed by atoms with Gasteiger partial charge in [0, 0.05) is 12.6 Å². The van der Waals surface area contributed by atoms with E-state index < -0.39 is 6.10 Å². The van der Waals surface area contributed by atoms with Crippen LogP contribution in [-0.4, -0.2) is 41.8 Å². The molecule has 1 aromatic rings. The Kier molecular flexibility index (Phi) is 6.04. The number of benzene rings is 1. The largest absolute Gasteiger partial charge is 0.491 e. The van der Waals surface area contributed by atoms with Gasteiger partial charge in [-0.25, -0.2) is 0 Å². The maximum Gasteiger partial charge on any atom is 0.120 e. The van der Waals surface area contributed by atoms with Crippen molar-refractivity contribution in [3.8, 4) is 11.8 Å². The molecule has 2 unspecified atom stereocenters. The lowest BCUT2D eigenvalue weighted by Gasteiger charge is -2.29. The normalized spacial score (nSPS) is 21.3. The second-order valence-corrected chi connectivity index (χ2v) is 5.80. The van der Waals surface area contributed by atoms with E-state index in [1.165, 1.54) is 25.7 Å². The summed E-state index contributed by atoms with van der Waals surface area (Å²) in [5.41, 5.74) is 0.572. The molecule has 0 aliphatic carbocycles. The molecule has 0 radical (unpaired) electrons. The van der Waals surface area contributed by atoms with E-state index in [4.69, 9.17) is 10.00 Å². The standard InChI is InChI=1S/C17H24N2O2/c1-14-6-3-2-4-9-19(14)12-16(20)13-21-17-8-5-7-15(10-17)11-18/h5,7-8,10,14,16,20H,2-4,6,9,12-13H2,1H3. The van der Waals surface area contributed by atoms with Crippen molar-refractivity contribution in [1.29, 1.82) is 5.26 Å². The van der Waals surface area contributed by atoms with Crippen LogP contribution in [0.1, 0.15) is 38.2 Å². The molecule has 0 spiro atoms. The number of hydrogen-bond donors (Lipinski definition) is 1. The number of nitrogens with zero attached hydrogens (tertiary/aromatic N) is 2. The van der Waals surface area contributed by atoms with Gasteiger partial charge in [0.15, 0.2) is 0 Å². The van der Waals surface area contributed by atoms with Crippen LogP contribution in [0, 0.1) is 11.3 Å². The average molecular weight is 288 g/mol. The summed E-state index contributed by atoms with van der Waals surface area (Å²) in [5.74, 6) is 0.636. The van der Waals surface area contributed by atoms with E-state index >= 15 is 0 Å². The predicted molar refractivity (Wildman–Crippen MR) is 82.2 cm³/mol. The Hall–Kier alpha value is -1.57. The van der Waals surface area contributed by atoms with Crippen LogP contribution in [0.25, 0.3) is 0 Å². The zero-order chi connectivity index (χ0) is 15.1. The van der Waals surface area contributed by atoms with Gasteiger partial charge in [-0.1, -0.05) is 18.9 Å². The molecule has 2 atom stereocenters. The van der Waals surface area contributed by atoms with E-state index in [2.05, 4.69) is 17.9 Å². The highest BCUT2D eigenvalue weighted by Gasteiger charge is 2.19. The molecule has 4 nitrogen and oxygen atoms in total. The van der Waals surface area contributed by atoms with Crippen molar-refractivity contribution in [1.82, 2.24) is 4.90 Å². The summed E-state index contributed by atoms with van der Waals surface area (Å²) in [7, 11) is 0. The third-order valence-electron chi connectivity index (χ3n) is 4.04. The van der Waals surface area contributed by atoms with E-state index in [1.807, 2.05) is 6.07 Å². The van der Waals surface area contributed by atoms with Gasteiger partial charge in [-0.05, 0) is 44.5 Å². The van der Waals surface area contributed by atoms with Crippen LogP contribution in [0.5, 0.6) is 5.75 Å². The van der Waals surface area contributed by atoms with Crippen LogP contribution in [0.15, 0.2) is 24.3 Å². The van der Waals surface area contributed by atoms with E-state index in [9.17, 15) is 5.11 Å². The van der Waals surface area contributed by atoms with Crippen LogP contribution < -0.4 is 4.74 Å². The van der Waals surface area contributed by atoms with Crippen LogP contribution in [-0.2, 0) is 0 Å². The minimum absolute atomic E-state index is 0.262. The minimum atomic E-state index is -0.503. The first-order valence-corrected chi connectivity index (χ1v) is 7.74. The number of aliphatic hydroxyl groups is 1. The Labute approximate surface area is 127 Å². The van der Waals surface area contributed by atoms with E-state index in [0.29, 0.717) is 23.9 Å². The van der Waals surface area contributed by atoms with Gasteiger partial charge < -0.3 is 9.84 Å². The van der Waals surface area contributed by atoms with Crippen molar-refractivity contribution in [3.63, 3.8) is 0 Å². The quantitative estimate of drug-likeness (QED) is 0.904. The summed E-state index contributed by atoms with van der Waals surface area (Å²) in [6.45, 7) is 4.20. The lowest BCUT2D eigenvalue weighted by molar-refractivity contribution is 0.0559. The predicted octanol–water partition coefficient (Wildman–Crippen LogP) is 2.56. The molecule has 4 heteroatoms. The third-order valence-corrected chi connectivity index (χ3v) is 4.04. The van der Waals surface area contributed by atoms with Crippen molar-refractivity contribution in [2.75, 3.05) is 19.7 Å². The molecular weight excluding hydrogens is 264 g/mol. The minimum Gasteiger partial charge on any atom is -0.491 e. The van der Waals surface area contributed by atoms with Crippen molar-refractivity contribution in [3.05, 3.63) is 29.8 Å². The fraction of sp³-hybridized carbons (Fsp3) is 0.588. The number of ether oxygens (including phenoxy) is 1. The molecule has 0 bridgehead atoms. The van der Waals surface area contributed by atoms with E-state index in [1.54, 1.807) is 18.2 Å². The van der Waals surface area contributed by atoms with Crippen molar-refractivity contribution in [2.24, 2.45) is 0 Å². The highest BCUT2D eigenvalue weighted by molar-refractivity contribution is 5.36. The maximum absolute atomic E-state index is 10.2. The van der Waals surface area contributed by atoms with E-state index in [-0.39, 0.29) is 6.61 Å². The number of likely N-dealkylation sites (tertiary alicyclic amines) is 1. The molecule has 0 saturated carbocycles. The first-order chi connectivity index (χ1) is 10.2. The Bertz CT molecular complexity index is 484. The summed E-state index contributed by atoms with van der Waals surface area (Å²) in [6.07, 6.45) is 4.48. The Morgan fingerprint density at radius 1 is 1.43 bits per heavy atom. The fourth-order valence-electron chi connectivity index (χ4n) is 2.78. The van der Waals surface area contributed by atoms with Gasteiger partial charge in [-0.3, -0.25) is 4.90 Å². The SMILES string of the molecule is CC1CCCCCN1CC(O)COc1cccc(C#N)c1. The van der Waals surface area contributed by atoms with Crippen molar-refractivity contribution in [2.45, 2.75) is 44.8 Å². The zero-order valence-electron chi connectivity index (χ0n) is 12.7. The van der Waals surface area contributed by atoms with Gasteiger partial charge in [0.2, 0.25) is 0 Å². The number of aliphatic hydroxyl groups excluding tert-OH is 1. The summed E-state index contributed by atoms with van der Waals surface area (Å²) in [5, 5.41) is 19.0. The van der Waals surface area contributed by atoms with Gasteiger partial charge in [0.1, 0.15) is 18.5 Å². The highest BCUT2D eigenvalue weighted by atomic mass is 16.5. The van der Waals surface area contributed by atoms with Crippen LogP contribution in [0.4, 0.5) is 0 Å². The molecule has 0 amide bonds. The molecule has 1 aromatic carbocycles. The summed E-state index contributed by atoms with van der Waals surface area (Å²) in [4.78, 5) is 2.35. The molecule has 1 N–H and O–H groups in total. The van der Waals surface area contributed by atoms with Gasteiger partial charge in [-0.15, -0.1) is 0 Å². The van der Waals surface area contributed by atoms with Crippen molar-refractivity contribution >= 4 is 0 Å². The van der Waals surface area contributed by atoms with Gasteiger partial charge in [-0.2, -0.15) is 5.26 Å². The van der Waals surface area contributed by atoms with Gasteiger partial charge in [0.25, 0.3) is 0 Å². The monoisotopic (exact) mass is 288 g/mol. The third kappa shape index (κ3) is 5.04. The summed E-state index contributed by atoms with van der Waals surface area (Å²) in [6, 6.07) is 9.64. The van der Waals surface area contributed by atoms with Crippen molar-refractivity contribution < 1.29 is 9.84 Å². The topological polar surface area (TPSA) is 56.5 Å². The molecule has 1 aliphatic rings. The Balaban J connectivity index is 1.81. The molecule has 1 saturated heterocycles. The molecule has 114 valence electrons. The first-order valence-electron chi connectivity index (χ1n) is 7.74. The molecule has 2 rings (SSSR count). The highest BCUT2D eigenvalue weighted by Crippen LogP contribution is 2.17. The Morgan fingerprint density at radius 3 is 3.10 bits per heavy atom. The van der Waals surface area contributed by atoms with Crippen LogP contribution >= 0.6 is 0 Å². The average Bonchev–Trinajstić information content (AvgIpc) is 2.70. The lowest BCUT2D eigenvalue weighted by atomic mass is 10.1. The zero-order valence-corrected chi connectivity index (χ0v) is 12.7. The number of hydrogen-bond acceptors (Lipinski definition) is 4. The number of β-amino-alcohol motifs (C(OH)–C–C–N with tert-alkyl or cyclic N) is 1. The molecule has 1 fully saturated rings. The maximum atomic E-state index is 10.2. The van der Waals surface area contributed by atoms with Gasteiger partial charge in [0.05, 0.1) is 11.6 Å². The molecule has 21 heavy (non-hydrogen) atoms. The second kappa shape index (κ2) is 8.02. The molecule has 1 heterocycles. The summed E-state index contributed by atoms with van der Waals surface area (Å²) < 4.78 is 5.59. The number of rotatable bonds is 5. The molecule has 1 aliphatic heterocycles. The second-order valence-electron chi connectivity index (χ2n) is 5.80. The lowest BCUT2D eigenvalue weighted by Crippen LogP contribution is -2.40. The number of nitriles is 1. The molecule has 0 aromatic heterocycles. The van der Waals surface area contributed by atoms with E-state index in [0.717, 1.165) is 6.54 Å². The Morgan fingerprint density at radius 2 is 2.29 bits per heavy atom. The molecular formula is C17H24N2O2. The van der Waals surface area contributed by atoms with Gasteiger partial charge >= 0.3 is 0 Å². The summed E-state index contributed by atoms with van der Waals surface area (Å²) >= 11 is 0. The van der Waals surface area contributed by atoms with Crippen LogP contribution in [0.2, 0.25) is 0 Å². The first kappa shape index (κ1) is 15.8. The van der Waals surface area contributed by atoms with Crippen LogP contribution in [0.3, 0.4) is 0 Å². The smallest absolute Gasteiger partial charge is 0.120 e.